The summed E-state index contributed by atoms with van der Waals surface area (Å²) in [6.45, 7) is 7.44. The van der Waals surface area contributed by atoms with Crippen LogP contribution in [0.15, 0.2) is 66.7 Å². The van der Waals surface area contributed by atoms with Crippen molar-refractivity contribution >= 4 is 5.91 Å². The van der Waals surface area contributed by atoms with E-state index in [-0.39, 0.29) is 5.91 Å². The number of benzene rings is 3. The number of carbonyl (C=O) groups excluding carboxylic acids is 1. The molecular weight excluding hydrogens is 474 g/mol. The van der Waals surface area contributed by atoms with Gasteiger partial charge in [-0.15, -0.1) is 0 Å². The van der Waals surface area contributed by atoms with E-state index in [2.05, 4.69) is 38.1 Å². The quantitative estimate of drug-likeness (QED) is 0.184. The number of ether oxygens (including phenoxy) is 3. The Morgan fingerprint density at radius 1 is 0.737 bits per heavy atom. The zero-order valence-corrected chi connectivity index (χ0v) is 22.9. The lowest BCUT2D eigenvalue weighted by Gasteiger charge is -2.17. The van der Waals surface area contributed by atoms with Gasteiger partial charge in [-0.3, -0.25) is 4.79 Å². The molecule has 0 bridgehead atoms. The number of fused-ring (bicyclic) bond motifs is 1. The van der Waals surface area contributed by atoms with Crippen LogP contribution in [0.4, 0.5) is 0 Å². The summed E-state index contributed by atoms with van der Waals surface area (Å²) in [5.41, 5.74) is 4.02. The standard InChI is InChI=1S/C33H41NO4/c1-3-5-10-22-36-31-19-18-29-30(32(31)37-23-11-6-4-2)24-34(33(29)35)21-20-26-14-16-28(17-15-26)38-25-27-12-8-7-9-13-27/h7-9,12-19H,3-6,10-11,20-25H2,1-2H3. The Balaban J connectivity index is 1.36. The second-order valence-corrected chi connectivity index (χ2v) is 9.93. The number of unbranched alkanes of at least 4 members (excludes halogenated alkanes) is 4. The zero-order valence-electron chi connectivity index (χ0n) is 22.9. The van der Waals surface area contributed by atoms with Crippen LogP contribution in [0.2, 0.25) is 0 Å². The largest absolute Gasteiger partial charge is 0.490 e. The van der Waals surface area contributed by atoms with Gasteiger partial charge < -0.3 is 19.1 Å². The molecule has 0 fully saturated rings. The number of nitrogens with zero attached hydrogens (tertiary/aromatic N) is 1. The highest BCUT2D eigenvalue weighted by atomic mass is 16.5. The molecule has 0 radical (unpaired) electrons. The minimum atomic E-state index is 0.0683. The van der Waals surface area contributed by atoms with E-state index in [1.54, 1.807) is 0 Å². The van der Waals surface area contributed by atoms with Crippen LogP contribution in [0.3, 0.4) is 0 Å². The molecule has 0 aromatic heterocycles. The molecule has 0 atom stereocenters. The van der Waals surface area contributed by atoms with E-state index in [0.29, 0.717) is 32.9 Å². The molecule has 202 valence electrons. The normalized spacial score (nSPS) is 12.5. The van der Waals surface area contributed by atoms with Crippen molar-refractivity contribution in [1.82, 2.24) is 4.90 Å². The lowest BCUT2D eigenvalue weighted by molar-refractivity contribution is 0.0780. The van der Waals surface area contributed by atoms with Gasteiger partial charge in [-0.2, -0.15) is 0 Å². The number of carbonyl (C=O) groups is 1. The summed E-state index contributed by atoms with van der Waals surface area (Å²) in [7, 11) is 0. The van der Waals surface area contributed by atoms with Gasteiger partial charge in [0.05, 0.1) is 19.8 Å². The third-order valence-electron chi connectivity index (χ3n) is 6.93. The average molecular weight is 516 g/mol. The first-order valence-electron chi connectivity index (χ1n) is 14.2. The molecule has 5 heteroatoms. The molecule has 0 N–H and O–H groups in total. The molecule has 0 saturated carbocycles. The van der Waals surface area contributed by atoms with Gasteiger partial charge in [0.2, 0.25) is 0 Å². The summed E-state index contributed by atoms with van der Waals surface area (Å²) in [4.78, 5) is 15.2. The maximum Gasteiger partial charge on any atom is 0.254 e. The summed E-state index contributed by atoms with van der Waals surface area (Å²) in [5.74, 6) is 2.43. The molecule has 4 rings (SSSR count). The second-order valence-electron chi connectivity index (χ2n) is 9.93. The number of amides is 1. The van der Waals surface area contributed by atoms with Gasteiger partial charge in [0.15, 0.2) is 11.5 Å². The van der Waals surface area contributed by atoms with Gasteiger partial charge in [0.1, 0.15) is 12.4 Å². The van der Waals surface area contributed by atoms with Gasteiger partial charge in [-0.1, -0.05) is 82.0 Å². The Morgan fingerprint density at radius 3 is 2.16 bits per heavy atom. The van der Waals surface area contributed by atoms with E-state index in [1.165, 1.54) is 5.56 Å². The topological polar surface area (TPSA) is 48.0 Å². The first-order chi connectivity index (χ1) is 18.7. The fourth-order valence-electron chi connectivity index (χ4n) is 4.67. The SMILES string of the molecule is CCCCCOc1ccc2c(c1OCCCCC)CN(CCc1ccc(OCc3ccccc3)cc1)C2=O. The zero-order chi connectivity index (χ0) is 26.6. The minimum Gasteiger partial charge on any atom is -0.490 e. The van der Waals surface area contributed by atoms with Crippen LogP contribution in [0.25, 0.3) is 0 Å². The Bertz CT molecular complexity index is 1140. The van der Waals surface area contributed by atoms with E-state index in [9.17, 15) is 4.79 Å². The van der Waals surface area contributed by atoms with E-state index < -0.39 is 0 Å². The highest BCUT2D eigenvalue weighted by Crippen LogP contribution is 2.39. The van der Waals surface area contributed by atoms with Gasteiger partial charge in [-0.25, -0.2) is 0 Å². The van der Waals surface area contributed by atoms with Crippen LogP contribution >= 0.6 is 0 Å². The molecule has 1 heterocycles. The van der Waals surface area contributed by atoms with Crippen LogP contribution in [0.1, 0.15) is 79.4 Å². The van der Waals surface area contributed by atoms with Crippen molar-refractivity contribution in [2.24, 2.45) is 0 Å². The van der Waals surface area contributed by atoms with E-state index in [1.807, 2.05) is 47.4 Å². The summed E-state index contributed by atoms with van der Waals surface area (Å²) in [6, 6.07) is 22.1. The Hall–Kier alpha value is -3.47. The monoisotopic (exact) mass is 515 g/mol. The summed E-state index contributed by atoms with van der Waals surface area (Å²) in [6.07, 6.45) is 7.37. The third kappa shape index (κ3) is 7.53. The molecule has 38 heavy (non-hydrogen) atoms. The fourth-order valence-corrected chi connectivity index (χ4v) is 4.67. The first-order valence-corrected chi connectivity index (χ1v) is 14.2. The Kier molecular flexibility index (Phi) is 10.5. The van der Waals surface area contributed by atoms with Crippen LogP contribution in [-0.2, 0) is 19.6 Å². The molecule has 3 aromatic rings. The third-order valence-corrected chi connectivity index (χ3v) is 6.93. The molecule has 5 nitrogen and oxygen atoms in total. The van der Waals surface area contributed by atoms with Crippen LogP contribution < -0.4 is 14.2 Å². The van der Waals surface area contributed by atoms with Crippen molar-refractivity contribution in [2.75, 3.05) is 19.8 Å². The van der Waals surface area contributed by atoms with Crippen molar-refractivity contribution in [3.05, 3.63) is 89.0 Å². The molecule has 3 aromatic carbocycles. The predicted octanol–water partition coefficient (Wildman–Crippen LogP) is 7.60. The highest BCUT2D eigenvalue weighted by molar-refractivity contribution is 5.99. The van der Waals surface area contributed by atoms with Gasteiger partial charge in [0, 0.05) is 17.7 Å². The second kappa shape index (κ2) is 14.5. The van der Waals surface area contributed by atoms with Gasteiger partial charge in [0.25, 0.3) is 5.91 Å². The highest BCUT2D eigenvalue weighted by Gasteiger charge is 2.31. The molecular formula is C33H41NO4. The van der Waals surface area contributed by atoms with Crippen molar-refractivity contribution in [3.8, 4) is 17.2 Å². The molecule has 1 aliphatic rings. The van der Waals surface area contributed by atoms with E-state index in [0.717, 1.165) is 78.9 Å². The Morgan fingerprint density at radius 2 is 1.45 bits per heavy atom. The maximum atomic E-state index is 13.2. The number of hydrogen-bond donors (Lipinski definition) is 0. The predicted molar refractivity (Wildman–Crippen MR) is 152 cm³/mol. The lowest BCUT2D eigenvalue weighted by atomic mass is 10.1. The maximum absolute atomic E-state index is 13.2. The van der Waals surface area contributed by atoms with Crippen LogP contribution in [-0.4, -0.2) is 30.6 Å². The van der Waals surface area contributed by atoms with Crippen molar-refractivity contribution in [1.29, 1.82) is 0 Å². The summed E-state index contributed by atoms with van der Waals surface area (Å²) >= 11 is 0. The van der Waals surface area contributed by atoms with E-state index in [4.69, 9.17) is 14.2 Å². The number of rotatable bonds is 16. The molecule has 0 aliphatic carbocycles. The lowest BCUT2D eigenvalue weighted by Crippen LogP contribution is -2.26. The van der Waals surface area contributed by atoms with Crippen molar-refractivity contribution in [3.63, 3.8) is 0 Å². The summed E-state index contributed by atoms with van der Waals surface area (Å²) in [5, 5.41) is 0. The molecule has 1 amide bonds. The molecule has 0 spiro atoms. The first kappa shape index (κ1) is 27.6. The van der Waals surface area contributed by atoms with Crippen molar-refractivity contribution in [2.45, 2.75) is 71.9 Å². The Labute approximate surface area is 227 Å². The number of hydrogen-bond acceptors (Lipinski definition) is 4. The smallest absolute Gasteiger partial charge is 0.254 e. The van der Waals surface area contributed by atoms with Crippen LogP contribution in [0.5, 0.6) is 17.2 Å². The molecule has 1 aliphatic heterocycles. The minimum absolute atomic E-state index is 0.0683. The fraction of sp³-hybridized carbons (Fsp3) is 0.424. The van der Waals surface area contributed by atoms with E-state index >= 15 is 0 Å². The summed E-state index contributed by atoms with van der Waals surface area (Å²) < 4.78 is 18.3. The average Bonchev–Trinajstić information content (AvgIpc) is 3.28. The van der Waals surface area contributed by atoms with Gasteiger partial charge in [-0.05, 0) is 54.7 Å². The molecule has 0 unspecified atom stereocenters. The van der Waals surface area contributed by atoms with Crippen molar-refractivity contribution < 1.29 is 19.0 Å². The molecule has 0 saturated heterocycles. The van der Waals surface area contributed by atoms with Gasteiger partial charge >= 0.3 is 0 Å². The van der Waals surface area contributed by atoms with Crippen LogP contribution in [0, 0.1) is 0 Å².